The molecule has 0 spiro atoms. The maximum atomic E-state index is 6.09. The van der Waals surface area contributed by atoms with Crippen LogP contribution in [0.25, 0.3) is 0 Å². The summed E-state index contributed by atoms with van der Waals surface area (Å²) in [5, 5.41) is 6.76. The van der Waals surface area contributed by atoms with Gasteiger partial charge in [0.05, 0.1) is 12.6 Å². The normalized spacial score (nSPS) is 16.6. The quantitative estimate of drug-likeness (QED) is 0.267. The Balaban J connectivity index is 0.00000420. The topological polar surface area (TPSA) is 58.1 Å². The lowest BCUT2D eigenvalue weighted by atomic mass is 10.1. The van der Waals surface area contributed by atoms with Gasteiger partial charge in [0.15, 0.2) is 5.96 Å². The van der Waals surface area contributed by atoms with E-state index in [1.807, 2.05) is 0 Å². The molecule has 1 heterocycles. The molecule has 166 valence electrons. The van der Waals surface area contributed by atoms with E-state index in [4.69, 9.17) is 14.5 Å². The molecule has 29 heavy (non-hydrogen) atoms. The van der Waals surface area contributed by atoms with Crippen molar-refractivity contribution in [1.29, 1.82) is 0 Å². The van der Waals surface area contributed by atoms with Crippen molar-refractivity contribution < 1.29 is 9.47 Å². The van der Waals surface area contributed by atoms with Crippen molar-refractivity contribution >= 4 is 29.9 Å². The highest BCUT2D eigenvalue weighted by molar-refractivity contribution is 14.0. The average Bonchev–Trinajstić information content (AvgIpc) is 3.22. The standard InChI is InChI=1S/C22H38N4O2.HI/c1-5-23-22(24-12-13-26(6-2)7-3)25-16-19-11-10-18(4)15-21(19)28-17-20-9-8-14-27-20;/h10-11,15,20H,5-9,12-14,16-17H2,1-4H3,(H2,23,24,25);1H. The smallest absolute Gasteiger partial charge is 0.191 e. The minimum atomic E-state index is 0. The lowest BCUT2D eigenvalue weighted by Crippen LogP contribution is -2.41. The van der Waals surface area contributed by atoms with Gasteiger partial charge in [-0.1, -0.05) is 26.0 Å². The summed E-state index contributed by atoms with van der Waals surface area (Å²) in [6.45, 7) is 15.5. The fourth-order valence-electron chi connectivity index (χ4n) is 3.26. The summed E-state index contributed by atoms with van der Waals surface area (Å²) in [7, 11) is 0. The number of aryl methyl sites for hydroxylation is 1. The molecule has 0 radical (unpaired) electrons. The molecule has 1 unspecified atom stereocenters. The van der Waals surface area contributed by atoms with Crippen LogP contribution in [0.1, 0.15) is 44.7 Å². The second-order valence-electron chi connectivity index (χ2n) is 7.21. The van der Waals surface area contributed by atoms with E-state index in [1.165, 1.54) is 5.56 Å². The number of halogens is 1. The van der Waals surface area contributed by atoms with Crippen molar-refractivity contribution in [2.24, 2.45) is 4.99 Å². The molecule has 1 atom stereocenters. The lowest BCUT2D eigenvalue weighted by Gasteiger charge is -2.19. The van der Waals surface area contributed by atoms with Gasteiger partial charge >= 0.3 is 0 Å². The fraction of sp³-hybridized carbons (Fsp3) is 0.682. The van der Waals surface area contributed by atoms with Gasteiger partial charge in [0.25, 0.3) is 0 Å². The molecular weight excluding hydrogens is 479 g/mol. The van der Waals surface area contributed by atoms with E-state index >= 15 is 0 Å². The van der Waals surface area contributed by atoms with Crippen LogP contribution < -0.4 is 15.4 Å². The molecule has 2 rings (SSSR count). The number of nitrogens with zero attached hydrogens (tertiary/aromatic N) is 2. The van der Waals surface area contributed by atoms with Crippen molar-refractivity contribution in [3.05, 3.63) is 29.3 Å². The number of nitrogens with one attached hydrogen (secondary N) is 2. The zero-order valence-electron chi connectivity index (χ0n) is 18.5. The predicted octanol–water partition coefficient (Wildman–Crippen LogP) is 3.57. The van der Waals surface area contributed by atoms with E-state index in [1.54, 1.807) is 0 Å². The Morgan fingerprint density at radius 1 is 1.24 bits per heavy atom. The first-order chi connectivity index (χ1) is 13.7. The molecular formula is C22H39IN4O2. The Morgan fingerprint density at radius 2 is 2.03 bits per heavy atom. The van der Waals surface area contributed by atoms with Crippen LogP contribution in [0.2, 0.25) is 0 Å². The highest BCUT2D eigenvalue weighted by atomic mass is 127. The molecule has 0 aliphatic carbocycles. The zero-order valence-corrected chi connectivity index (χ0v) is 20.8. The first-order valence-corrected chi connectivity index (χ1v) is 10.7. The molecule has 1 aromatic rings. The zero-order chi connectivity index (χ0) is 20.2. The van der Waals surface area contributed by atoms with E-state index < -0.39 is 0 Å². The molecule has 1 aliphatic heterocycles. The van der Waals surface area contributed by atoms with Crippen LogP contribution in [0.4, 0.5) is 0 Å². The van der Waals surface area contributed by atoms with Gasteiger partial charge in [0.2, 0.25) is 0 Å². The number of aliphatic imine (C=N–C) groups is 1. The van der Waals surface area contributed by atoms with E-state index in [9.17, 15) is 0 Å². The van der Waals surface area contributed by atoms with E-state index in [0.29, 0.717) is 13.2 Å². The highest BCUT2D eigenvalue weighted by Gasteiger charge is 2.17. The largest absolute Gasteiger partial charge is 0.491 e. The SMILES string of the molecule is CCNC(=NCc1ccc(C)cc1OCC1CCCO1)NCCN(CC)CC.I. The Hall–Kier alpha value is -1.06. The number of hydrogen-bond donors (Lipinski definition) is 2. The van der Waals surface area contributed by atoms with Gasteiger partial charge in [0.1, 0.15) is 12.4 Å². The summed E-state index contributed by atoms with van der Waals surface area (Å²) in [5.41, 5.74) is 2.30. The Bertz CT molecular complexity index is 602. The van der Waals surface area contributed by atoms with Gasteiger partial charge in [-0.15, -0.1) is 24.0 Å². The second kappa shape index (κ2) is 14.8. The minimum absolute atomic E-state index is 0. The lowest BCUT2D eigenvalue weighted by molar-refractivity contribution is 0.0676. The van der Waals surface area contributed by atoms with E-state index in [-0.39, 0.29) is 30.1 Å². The Morgan fingerprint density at radius 3 is 2.69 bits per heavy atom. The van der Waals surface area contributed by atoms with Crippen molar-refractivity contribution in [2.45, 2.75) is 53.2 Å². The number of hydrogen-bond acceptors (Lipinski definition) is 4. The monoisotopic (exact) mass is 518 g/mol. The number of ether oxygens (including phenoxy) is 2. The molecule has 0 amide bonds. The summed E-state index contributed by atoms with van der Waals surface area (Å²) in [6.07, 6.45) is 2.43. The highest BCUT2D eigenvalue weighted by Crippen LogP contribution is 2.23. The summed E-state index contributed by atoms with van der Waals surface area (Å²) in [4.78, 5) is 7.16. The third kappa shape index (κ3) is 9.53. The van der Waals surface area contributed by atoms with Crippen molar-refractivity contribution in [1.82, 2.24) is 15.5 Å². The second-order valence-corrected chi connectivity index (χ2v) is 7.21. The molecule has 0 saturated carbocycles. The van der Waals surface area contributed by atoms with E-state index in [0.717, 1.165) is 69.4 Å². The van der Waals surface area contributed by atoms with Gasteiger partial charge in [-0.3, -0.25) is 0 Å². The van der Waals surface area contributed by atoms with Gasteiger partial charge in [0, 0.05) is 31.8 Å². The molecule has 1 aliphatic rings. The van der Waals surface area contributed by atoms with Crippen LogP contribution in [0.3, 0.4) is 0 Å². The molecule has 1 saturated heterocycles. The number of likely N-dealkylation sites (N-methyl/N-ethyl adjacent to an activating group) is 1. The van der Waals surface area contributed by atoms with Crippen LogP contribution in [0, 0.1) is 6.92 Å². The summed E-state index contributed by atoms with van der Waals surface area (Å²) in [6, 6.07) is 6.33. The molecule has 1 aromatic carbocycles. The number of rotatable bonds is 11. The predicted molar refractivity (Wildman–Crippen MR) is 132 cm³/mol. The Labute approximate surface area is 193 Å². The third-order valence-electron chi connectivity index (χ3n) is 5.04. The van der Waals surface area contributed by atoms with Gasteiger partial charge in [-0.05, 0) is 51.4 Å². The summed E-state index contributed by atoms with van der Waals surface area (Å²) < 4.78 is 11.8. The Kier molecular flexibility index (Phi) is 13.3. The molecule has 6 nitrogen and oxygen atoms in total. The first kappa shape index (κ1) is 26.0. The van der Waals surface area contributed by atoms with Crippen molar-refractivity contribution in [3.8, 4) is 5.75 Å². The average molecular weight is 518 g/mol. The van der Waals surface area contributed by atoms with Crippen LogP contribution in [-0.2, 0) is 11.3 Å². The van der Waals surface area contributed by atoms with Crippen LogP contribution in [0.5, 0.6) is 5.75 Å². The number of benzene rings is 1. The fourth-order valence-corrected chi connectivity index (χ4v) is 3.26. The van der Waals surface area contributed by atoms with E-state index in [2.05, 4.69) is 61.4 Å². The van der Waals surface area contributed by atoms with Crippen molar-refractivity contribution in [2.75, 3.05) is 45.9 Å². The third-order valence-corrected chi connectivity index (χ3v) is 5.04. The molecule has 1 fully saturated rings. The van der Waals surface area contributed by atoms with Crippen molar-refractivity contribution in [3.63, 3.8) is 0 Å². The van der Waals surface area contributed by atoms with Crippen LogP contribution in [-0.4, -0.2) is 62.9 Å². The molecule has 0 aromatic heterocycles. The maximum absolute atomic E-state index is 6.09. The molecule has 2 N–H and O–H groups in total. The van der Waals surface area contributed by atoms with Gasteiger partial charge in [-0.25, -0.2) is 4.99 Å². The minimum Gasteiger partial charge on any atom is -0.491 e. The summed E-state index contributed by atoms with van der Waals surface area (Å²) in [5.74, 6) is 1.76. The van der Waals surface area contributed by atoms with Crippen LogP contribution in [0.15, 0.2) is 23.2 Å². The molecule has 7 heteroatoms. The van der Waals surface area contributed by atoms with Crippen LogP contribution >= 0.6 is 24.0 Å². The van der Waals surface area contributed by atoms with Gasteiger partial charge in [-0.2, -0.15) is 0 Å². The van der Waals surface area contributed by atoms with Gasteiger partial charge < -0.3 is 25.0 Å². The number of guanidine groups is 1. The first-order valence-electron chi connectivity index (χ1n) is 10.7. The maximum Gasteiger partial charge on any atom is 0.191 e. The summed E-state index contributed by atoms with van der Waals surface area (Å²) >= 11 is 0. The molecule has 0 bridgehead atoms.